The zero-order valence-electron chi connectivity index (χ0n) is 11.5. The summed E-state index contributed by atoms with van der Waals surface area (Å²) in [5.41, 5.74) is 2.05. The monoisotopic (exact) mass is 324 g/mol. The molecule has 0 spiro atoms. The summed E-state index contributed by atoms with van der Waals surface area (Å²) in [7, 11) is 0. The summed E-state index contributed by atoms with van der Waals surface area (Å²) in [5.74, 6) is -0.179. The van der Waals surface area contributed by atoms with Crippen LogP contribution in [0.25, 0.3) is 0 Å². The molecule has 1 amide bonds. The molecule has 1 N–H and O–H groups in total. The van der Waals surface area contributed by atoms with Crippen LogP contribution in [0.15, 0.2) is 58.6 Å². The molecular weight excluding hydrogens is 312 g/mol. The SMILES string of the molecule is N#Cc1cccc(C(=O)N[C@@H](c2ccsc2)c2cccs2)c1. The minimum Gasteiger partial charge on any atom is -0.340 e. The van der Waals surface area contributed by atoms with Gasteiger partial charge in [-0.05, 0) is 52.0 Å². The highest BCUT2D eigenvalue weighted by atomic mass is 32.1. The van der Waals surface area contributed by atoms with Crippen LogP contribution in [-0.2, 0) is 0 Å². The zero-order valence-corrected chi connectivity index (χ0v) is 13.2. The van der Waals surface area contributed by atoms with Gasteiger partial charge in [0, 0.05) is 10.4 Å². The average Bonchev–Trinajstić information content (AvgIpc) is 3.26. The van der Waals surface area contributed by atoms with Crippen LogP contribution in [0.4, 0.5) is 0 Å². The van der Waals surface area contributed by atoms with Crippen molar-refractivity contribution in [2.75, 3.05) is 0 Å². The summed E-state index contributed by atoms with van der Waals surface area (Å²) >= 11 is 3.22. The van der Waals surface area contributed by atoms with E-state index in [1.807, 2.05) is 34.3 Å². The first kappa shape index (κ1) is 14.5. The van der Waals surface area contributed by atoms with E-state index in [2.05, 4.69) is 11.4 Å². The molecule has 3 nitrogen and oxygen atoms in total. The number of carbonyl (C=O) groups is 1. The Bertz CT molecular complexity index is 767. The van der Waals surface area contributed by atoms with Crippen molar-refractivity contribution in [3.8, 4) is 6.07 Å². The third-order valence-electron chi connectivity index (χ3n) is 3.23. The molecule has 1 aromatic carbocycles. The standard InChI is InChI=1S/C17H12N2OS2/c18-10-12-3-1-4-13(9-12)17(20)19-16(14-6-8-21-11-14)15-5-2-7-22-15/h1-9,11,16H,(H,19,20)/t16-/m0/s1. The number of amides is 1. The van der Waals surface area contributed by atoms with Gasteiger partial charge >= 0.3 is 0 Å². The van der Waals surface area contributed by atoms with Gasteiger partial charge in [0.15, 0.2) is 0 Å². The summed E-state index contributed by atoms with van der Waals surface area (Å²) in [6, 6.07) is 14.6. The molecule has 5 heteroatoms. The molecule has 0 aliphatic heterocycles. The Morgan fingerprint density at radius 1 is 1.18 bits per heavy atom. The average molecular weight is 324 g/mol. The van der Waals surface area contributed by atoms with Crippen molar-refractivity contribution in [2.45, 2.75) is 6.04 Å². The van der Waals surface area contributed by atoms with Gasteiger partial charge in [0.25, 0.3) is 5.91 Å². The number of hydrogen-bond acceptors (Lipinski definition) is 4. The molecule has 0 aliphatic carbocycles. The predicted octanol–water partition coefficient (Wildman–Crippen LogP) is 4.20. The smallest absolute Gasteiger partial charge is 0.252 e. The third-order valence-corrected chi connectivity index (χ3v) is 4.87. The van der Waals surface area contributed by atoms with E-state index in [1.165, 1.54) is 0 Å². The molecule has 108 valence electrons. The molecule has 22 heavy (non-hydrogen) atoms. The van der Waals surface area contributed by atoms with E-state index in [1.54, 1.807) is 46.9 Å². The lowest BCUT2D eigenvalue weighted by Crippen LogP contribution is -2.28. The number of hydrogen-bond donors (Lipinski definition) is 1. The van der Waals surface area contributed by atoms with Gasteiger partial charge in [0.05, 0.1) is 17.7 Å². The Hall–Kier alpha value is -2.42. The first-order chi connectivity index (χ1) is 10.8. The topological polar surface area (TPSA) is 52.9 Å². The van der Waals surface area contributed by atoms with Crippen LogP contribution in [0.3, 0.4) is 0 Å². The van der Waals surface area contributed by atoms with Gasteiger partial charge in [0.2, 0.25) is 0 Å². The van der Waals surface area contributed by atoms with Gasteiger partial charge in [0.1, 0.15) is 0 Å². The van der Waals surface area contributed by atoms with Crippen molar-refractivity contribution in [3.05, 3.63) is 80.2 Å². The second-order valence-electron chi connectivity index (χ2n) is 4.67. The quantitative estimate of drug-likeness (QED) is 0.782. The van der Waals surface area contributed by atoms with Crippen LogP contribution >= 0.6 is 22.7 Å². The maximum absolute atomic E-state index is 12.5. The molecule has 0 bridgehead atoms. The lowest BCUT2D eigenvalue weighted by Gasteiger charge is -2.16. The van der Waals surface area contributed by atoms with Gasteiger partial charge < -0.3 is 5.32 Å². The fourth-order valence-electron chi connectivity index (χ4n) is 2.16. The highest BCUT2D eigenvalue weighted by molar-refractivity contribution is 7.10. The van der Waals surface area contributed by atoms with Crippen LogP contribution in [0.2, 0.25) is 0 Å². The lowest BCUT2D eigenvalue weighted by atomic mass is 10.1. The molecule has 2 aromatic heterocycles. The molecule has 0 unspecified atom stereocenters. The maximum Gasteiger partial charge on any atom is 0.252 e. The van der Waals surface area contributed by atoms with Crippen LogP contribution in [0.5, 0.6) is 0 Å². The zero-order chi connectivity index (χ0) is 15.4. The number of thiophene rings is 2. The van der Waals surface area contributed by atoms with E-state index in [0.717, 1.165) is 10.4 Å². The molecule has 0 radical (unpaired) electrons. The van der Waals surface area contributed by atoms with E-state index in [0.29, 0.717) is 11.1 Å². The van der Waals surface area contributed by atoms with E-state index in [9.17, 15) is 4.79 Å². The molecule has 0 fully saturated rings. The Morgan fingerprint density at radius 3 is 2.77 bits per heavy atom. The minimum atomic E-state index is -0.179. The number of carbonyl (C=O) groups excluding carboxylic acids is 1. The van der Waals surface area contributed by atoms with Gasteiger partial charge in [-0.25, -0.2) is 0 Å². The van der Waals surface area contributed by atoms with Crippen molar-refractivity contribution in [2.24, 2.45) is 0 Å². The van der Waals surface area contributed by atoms with Gasteiger partial charge in [-0.15, -0.1) is 11.3 Å². The Labute approximate surface area is 136 Å². The normalized spacial score (nSPS) is 11.6. The molecule has 3 rings (SSSR count). The van der Waals surface area contributed by atoms with Gasteiger partial charge in [-0.2, -0.15) is 16.6 Å². The number of nitrogens with one attached hydrogen (secondary N) is 1. The van der Waals surface area contributed by atoms with Crippen molar-refractivity contribution in [3.63, 3.8) is 0 Å². The summed E-state index contributed by atoms with van der Waals surface area (Å²) in [4.78, 5) is 13.6. The largest absolute Gasteiger partial charge is 0.340 e. The van der Waals surface area contributed by atoms with E-state index in [-0.39, 0.29) is 11.9 Å². The van der Waals surface area contributed by atoms with Crippen molar-refractivity contribution < 1.29 is 4.79 Å². The second kappa shape index (κ2) is 6.56. The van der Waals surface area contributed by atoms with Crippen molar-refractivity contribution in [1.29, 1.82) is 5.26 Å². The summed E-state index contributed by atoms with van der Waals surface area (Å²) < 4.78 is 0. The lowest BCUT2D eigenvalue weighted by molar-refractivity contribution is 0.0943. The number of nitriles is 1. The van der Waals surface area contributed by atoms with Crippen molar-refractivity contribution in [1.82, 2.24) is 5.32 Å². The highest BCUT2D eigenvalue weighted by Crippen LogP contribution is 2.27. The van der Waals surface area contributed by atoms with Crippen LogP contribution in [-0.4, -0.2) is 5.91 Å². The van der Waals surface area contributed by atoms with Crippen LogP contribution < -0.4 is 5.32 Å². The fraction of sp³-hybridized carbons (Fsp3) is 0.0588. The third kappa shape index (κ3) is 3.08. The van der Waals surface area contributed by atoms with E-state index in [4.69, 9.17) is 5.26 Å². The van der Waals surface area contributed by atoms with E-state index >= 15 is 0 Å². The summed E-state index contributed by atoms with van der Waals surface area (Å²) in [6.07, 6.45) is 0. The molecule has 3 aromatic rings. The van der Waals surface area contributed by atoms with Gasteiger partial charge in [-0.1, -0.05) is 12.1 Å². The Kier molecular flexibility index (Phi) is 4.33. The fourth-order valence-corrected chi connectivity index (χ4v) is 3.65. The van der Waals surface area contributed by atoms with Crippen molar-refractivity contribution >= 4 is 28.6 Å². The number of rotatable bonds is 4. The molecule has 2 heterocycles. The molecule has 0 saturated carbocycles. The summed E-state index contributed by atoms with van der Waals surface area (Å²) in [6.45, 7) is 0. The molecule has 0 saturated heterocycles. The first-order valence-electron chi connectivity index (χ1n) is 6.64. The maximum atomic E-state index is 12.5. The van der Waals surface area contributed by atoms with Crippen LogP contribution in [0, 0.1) is 11.3 Å². The minimum absolute atomic E-state index is 0.163. The predicted molar refractivity (Wildman–Crippen MR) is 89.1 cm³/mol. The Balaban J connectivity index is 1.88. The second-order valence-corrected chi connectivity index (χ2v) is 6.43. The number of benzene rings is 1. The molecule has 0 aliphatic rings. The van der Waals surface area contributed by atoms with Crippen LogP contribution in [0.1, 0.15) is 32.4 Å². The molecule has 1 atom stereocenters. The number of nitrogens with zero attached hydrogens (tertiary/aromatic N) is 1. The Morgan fingerprint density at radius 2 is 2.09 bits per heavy atom. The highest BCUT2D eigenvalue weighted by Gasteiger charge is 2.19. The molecular formula is C17H12N2OS2. The first-order valence-corrected chi connectivity index (χ1v) is 8.46. The summed E-state index contributed by atoms with van der Waals surface area (Å²) in [5, 5.41) is 18.0. The van der Waals surface area contributed by atoms with E-state index < -0.39 is 0 Å². The van der Waals surface area contributed by atoms with Gasteiger partial charge in [-0.3, -0.25) is 4.79 Å².